The van der Waals surface area contributed by atoms with Gasteiger partial charge in [-0.05, 0) is 0 Å². The third kappa shape index (κ3) is 7.10. The maximum absolute atomic E-state index is 10.9. The molecule has 0 bridgehead atoms. The van der Waals surface area contributed by atoms with Crippen molar-refractivity contribution in [1.82, 2.24) is 0 Å². The van der Waals surface area contributed by atoms with Crippen LogP contribution in [0.5, 0.6) is 11.5 Å². The Kier molecular flexibility index (Phi) is 7.68. The molecule has 0 heterocycles. The Bertz CT molecular complexity index is 790. The van der Waals surface area contributed by atoms with Gasteiger partial charge in [0.1, 0.15) is 0 Å². The van der Waals surface area contributed by atoms with E-state index >= 15 is 0 Å². The topological polar surface area (TPSA) is 91.3 Å². The first kappa shape index (κ1) is 21.5. The molecule has 8 heteroatoms. The van der Waals surface area contributed by atoms with Crippen LogP contribution in [0.3, 0.4) is 0 Å². The predicted molar refractivity (Wildman–Crippen MR) is 104 cm³/mol. The van der Waals surface area contributed by atoms with E-state index in [0.29, 0.717) is 11.5 Å². The van der Waals surface area contributed by atoms with Crippen molar-refractivity contribution < 1.29 is 33.0 Å². The molecular weight excluding hydrogens is 383 g/mol. The first-order chi connectivity index (χ1) is 13.3. The summed E-state index contributed by atoms with van der Waals surface area (Å²) in [6.45, 7) is 2.71. The molecule has 7 nitrogen and oxygen atoms in total. The van der Waals surface area contributed by atoms with E-state index in [2.05, 4.69) is 5.66 Å². The van der Waals surface area contributed by atoms with E-state index < -0.39 is 19.9 Å². The molecule has 0 saturated heterocycles. The van der Waals surface area contributed by atoms with Crippen molar-refractivity contribution in [2.45, 2.75) is 27.1 Å². The van der Waals surface area contributed by atoms with Gasteiger partial charge in [-0.15, -0.1) is 0 Å². The molecule has 28 heavy (non-hydrogen) atoms. The molecule has 0 saturated carbocycles. The molecule has 0 aliphatic carbocycles. The van der Waals surface area contributed by atoms with E-state index in [1.54, 1.807) is 48.5 Å². The van der Waals surface area contributed by atoms with Gasteiger partial charge in [-0.2, -0.15) is 0 Å². The zero-order valence-corrected chi connectivity index (χ0v) is 16.5. The van der Waals surface area contributed by atoms with Crippen LogP contribution in [-0.2, 0) is 31.9 Å². The summed E-state index contributed by atoms with van der Waals surface area (Å²) < 4.78 is 20.8. The van der Waals surface area contributed by atoms with Gasteiger partial charge in [0, 0.05) is 0 Å². The summed E-state index contributed by atoms with van der Waals surface area (Å²) in [5, 5.41) is 0. The fourth-order valence-electron chi connectivity index (χ4n) is 2.13. The molecule has 148 valence electrons. The number of terminal acetylenes is 1. The Balaban J connectivity index is 1.89. The van der Waals surface area contributed by atoms with Crippen molar-refractivity contribution >= 4 is 19.9 Å². The van der Waals surface area contributed by atoms with Crippen LogP contribution in [-0.4, -0.2) is 16.8 Å². The fraction of sp³-hybridized carbons (Fsp3) is 0.200. The van der Waals surface area contributed by atoms with Crippen LogP contribution in [0.2, 0.25) is 0 Å². The number of carbonyl (C=O) groups excluding carboxylic acids is 2. The standard InChI is InChI=1S/C20H21O7P/c1-4-28(23,24-13-17-5-9-19(10-6-17)26-15(2)21)25-14-18-7-11-20(12-8-18)27-16(3)22/h1,5-12,23,28H,13-14H2,2-3H3. The average molecular weight is 404 g/mol. The number of hydrogen-bond acceptors (Lipinski definition) is 7. The quantitative estimate of drug-likeness (QED) is 0.312. The number of esters is 2. The summed E-state index contributed by atoms with van der Waals surface area (Å²) in [6.07, 6.45) is 5.39. The fourth-order valence-corrected chi connectivity index (χ4v) is 3.10. The molecule has 0 spiro atoms. The summed E-state index contributed by atoms with van der Waals surface area (Å²) in [6, 6.07) is 13.2. The van der Waals surface area contributed by atoms with Crippen LogP contribution in [0.1, 0.15) is 25.0 Å². The van der Waals surface area contributed by atoms with Crippen LogP contribution in [0.15, 0.2) is 48.5 Å². The molecule has 0 amide bonds. The molecular formula is C20H21O7P. The molecule has 2 rings (SSSR count). The molecule has 0 aromatic heterocycles. The van der Waals surface area contributed by atoms with Gasteiger partial charge < -0.3 is 0 Å². The number of rotatable bonds is 8. The zero-order chi connectivity index (χ0) is 20.6. The number of benzene rings is 2. The Hall–Kier alpha value is -2.75. The summed E-state index contributed by atoms with van der Waals surface area (Å²) >= 11 is 0. The van der Waals surface area contributed by atoms with E-state index in [0.717, 1.165) is 11.1 Å². The summed E-state index contributed by atoms with van der Waals surface area (Å²) in [7, 11) is -3.81. The molecule has 2 aromatic carbocycles. The summed E-state index contributed by atoms with van der Waals surface area (Å²) in [4.78, 5) is 32.2. The Labute approximate surface area is 163 Å². The van der Waals surface area contributed by atoms with Crippen molar-refractivity contribution in [2.75, 3.05) is 0 Å². The minimum atomic E-state index is -3.81. The van der Waals surface area contributed by atoms with Gasteiger partial charge in [-0.1, -0.05) is 0 Å². The minimum absolute atomic E-state index is 0.0403. The Morgan fingerprint density at radius 2 is 1.21 bits per heavy atom. The van der Waals surface area contributed by atoms with E-state index in [9.17, 15) is 14.5 Å². The SMILES string of the molecule is C#C[PH](O)(OCc1ccc(OC(C)=O)cc1)OCc1ccc(OC(C)=O)cc1. The normalized spacial score (nSPS) is 11.4. The second kappa shape index (κ2) is 9.98. The second-order valence-electron chi connectivity index (χ2n) is 5.78. The Morgan fingerprint density at radius 3 is 1.50 bits per heavy atom. The molecule has 0 fully saturated rings. The first-order valence-electron chi connectivity index (χ1n) is 8.32. The van der Waals surface area contributed by atoms with Crippen LogP contribution >= 0.6 is 7.94 Å². The summed E-state index contributed by atoms with van der Waals surface area (Å²) in [5.74, 6) is 0.00289. The van der Waals surface area contributed by atoms with Crippen LogP contribution in [0, 0.1) is 12.1 Å². The number of hydrogen-bond donors (Lipinski definition) is 1. The molecule has 0 aliphatic heterocycles. The number of carbonyl (C=O) groups is 2. The van der Waals surface area contributed by atoms with Gasteiger partial charge in [-0.3, -0.25) is 0 Å². The van der Waals surface area contributed by atoms with Crippen LogP contribution < -0.4 is 9.47 Å². The van der Waals surface area contributed by atoms with Crippen LogP contribution in [0.25, 0.3) is 0 Å². The van der Waals surface area contributed by atoms with Crippen molar-refractivity contribution in [3.63, 3.8) is 0 Å². The van der Waals surface area contributed by atoms with Crippen molar-refractivity contribution in [3.8, 4) is 23.6 Å². The van der Waals surface area contributed by atoms with Gasteiger partial charge in [0.2, 0.25) is 0 Å². The van der Waals surface area contributed by atoms with Gasteiger partial charge in [0.15, 0.2) is 0 Å². The van der Waals surface area contributed by atoms with Crippen LogP contribution in [0.4, 0.5) is 0 Å². The van der Waals surface area contributed by atoms with Gasteiger partial charge in [0.25, 0.3) is 0 Å². The second-order valence-corrected chi connectivity index (χ2v) is 7.81. The van der Waals surface area contributed by atoms with Gasteiger partial charge in [-0.25, -0.2) is 0 Å². The Morgan fingerprint density at radius 1 is 0.857 bits per heavy atom. The van der Waals surface area contributed by atoms with Gasteiger partial charge >= 0.3 is 163 Å². The maximum atomic E-state index is 10.9. The van der Waals surface area contributed by atoms with Crippen molar-refractivity contribution in [1.29, 1.82) is 0 Å². The monoisotopic (exact) mass is 404 g/mol. The molecule has 0 radical (unpaired) electrons. The summed E-state index contributed by atoms with van der Waals surface area (Å²) in [5.41, 5.74) is 3.66. The molecule has 0 unspecified atom stereocenters. The average Bonchev–Trinajstić information content (AvgIpc) is 2.66. The van der Waals surface area contributed by atoms with E-state index in [-0.39, 0.29) is 13.2 Å². The first-order valence-corrected chi connectivity index (χ1v) is 10.1. The van der Waals surface area contributed by atoms with Crippen molar-refractivity contribution in [2.24, 2.45) is 0 Å². The zero-order valence-electron chi connectivity index (χ0n) is 15.5. The predicted octanol–water partition coefficient (Wildman–Crippen LogP) is 3.35. The number of ether oxygens (including phenoxy) is 2. The van der Waals surface area contributed by atoms with Crippen molar-refractivity contribution in [3.05, 3.63) is 59.7 Å². The molecule has 2 aromatic rings. The van der Waals surface area contributed by atoms with E-state index in [1.807, 2.05) is 0 Å². The molecule has 1 N–H and O–H groups in total. The van der Waals surface area contributed by atoms with Gasteiger partial charge in [0.05, 0.1) is 0 Å². The molecule has 0 aliphatic rings. The van der Waals surface area contributed by atoms with E-state index in [1.165, 1.54) is 13.8 Å². The third-order valence-corrected chi connectivity index (χ3v) is 4.86. The third-order valence-electron chi connectivity index (χ3n) is 3.42. The molecule has 0 atom stereocenters. The van der Waals surface area contributed by atoms with E-state index in [4.69, 9.17) is 24.9 Å².